The summed E-state index contributed by atoms with van der Waals surface area (Å²) in [4.78, 5) is 0. The maximum atomic E-state index is 5.72. The quantitative estimate of drug-likeness (QED) is 0.892. The van der Waals surface area contributed by atoms with Gasteiger partial charge >= 0.3 is 0 Å². The lowest BCUT2D eigenvalue weighted by molar-refractivity contribution is 0.249. The first kappa shape index (κ1) is 13.7. The third-order valence-corrected chi connectivity index (χ3v) is 3.97. The van der Waals surface area contributed by atoms with E-state index in [1.54, 1.807) is 11.3 Å². The summed E-state index contributed by atoms with van der Waals surface area (Å²) in [6, 6.07) is 0. The first-order chi connectivity index (χ1) is 8.53. The second kappa shape index (κ2) is 5.97. The van der Waals surface area contributed by atoms with Gasteiger partial charge in [-0.25, -0.2) is 0 Å². The summed E-state index contributed by atoms with van der Waals surface area (Å²) in [5.74, 6) is 0.727. The van der Waals surface area contributed by atoms with Crippen molar-refractivity contribution < 1.29 is 4.74 Å². The van der Waals surface area contributed by atoms with Crippen LogP contribution < -0.4 is 10.1 Å². The van der Waals surface area contributed by atoms with Crippen molar-refractivity contribution in [3.05, 3.63) is 5.01 Å². The number of nitrogens with one attached hydrogen (secondary N) is 1. The minimum Gasteiger partial charge on any atom is -0.469 e. The van der Waals surface area contributed by atoms with Crippen molar-refractivity contribution in [3.63, 3.8) is 0 Å². The van der Waals surface area contributed by atoms with Gasteiger partial charge in [0.25, 0.3) is 5.19 Å². The monoisotopic (exact) mass is 269 g/mol. The van der Waals surface area contributed by atoms with Gasteiger partial charge in [0.2, 0.25) is 0 Å². The Morgan fingerprint density at radius 1 is 1.28 bits per heavy atom. The van der Waals surface area contributed by atoms with E-state index in [1.165, 1.54) is 25.7 Å². The van der Waals surface area contributed by atoms with Crippen LogP contribution >= 0.6 is 11.3 Å². The predicted molar refractivity (Wildman–Crippen MR) is 74.0 cm³/mol. The Bertz CT molecular complexity index is 367. The molecule has 0 aromatic carbocycles. The molecule has 5 heteroatoms. The third kappa shape index (κ3) is 4.53. The van der Waals surface area contributed by atoms with Crippen LogP contribution in [-0.2, 0) is 6.54 Å². The normalized spacial score (nSPS) is 17.3. The zero-order valence-electron chi connectivity index (χ0n) is 11.5. The van der Waals surface area contributed by atoms with Crippen molar-refractivity contribution >= 4 is 11.3 Å². The summed E-state index contributed by atoms with van der Waals surface area (Å²) < 4.78 is 5.72. The van der Waals surface area contributed by atoms with E-state index in [2.05, 4.69) is 36.3 Å². The van der Waals surface area contributed by atoms with Gasteiger partial charge in [-0.3, -0.25) is 0 Å². The molecular weight excluding hydrogens is 246 g/mol. The molecule has 0 saturated heterocycles. The van der Waals surface area contributed by atoms with Crippen LogP contribution in [0.2, 0.25) is 0 Å². The molecule has 0 radical (unpaired) electrons. The van der Waals surface area contributed by atoms with Crippen LogP contribution in [0.3, 0.4) is 0 Å². The minimum absolute atomic E-state index is 0.108. The predicted octanol–water partition coefficient (Wildman–Crippen LogP) is 3.00. The molecule has 1 aromatic heterocycles. The number of aromatic nitrogens is 2. The van der Waals surface area contributed by atoms with Gasteiger partial charge in [0.1, 0.15) is 5.01 Å². The van der Waals surface area contributed by atoms with Gasteiger partial charge in [-0.15, -0.1) is 10.2 Å². The smallest absolute Gasteiger partial charge is 0.294 e. The first-order valence-electron chi connectivity index (χ1n) is 6.73. The van der Waals surface area contributed by atoms with Crippen molar-refractivity contribution in [2.75, 3.05) is 6.61 Å². The summed E-state index contributed by atoms with van der Waals surface area (Å²) >= 11 is 1.55. The molecule has 0 spiro atoms. The molecule has 4 nitrogen and oxygen atoms in total. The molecule has 102 valence electrons. The van der Waals surface area contributed by atoms with Crippen molar-refractivity contribution in [1.82, 2.24) is 15.5 Å². The maximum Gasteiger partial charge on any atom is 0.294 e. The van der Waals surface area contributed by atoms with Crippen LogP contribution in [0.25, 0.3) is 0 Å². The van der Waals surface area contributed by atoms with E-state index >= 15 is 0 Å². The largest absolute Gasteiger partial charge is 0.469 e. The molecule has 1 saturated carbocycles. The second-order valence-electron chi connectivity index (χ2n) is 6.03. The summed E-state index contributed by atoms with van der Waals surface area (Å²) in [7, 11) is 0. The van der Waals surface area contributed by atoms with Crippen LogP contribution in [0.1, 0.15) is 51.5 Å². The summed E-state index contributed by atoms with van der Waals surface area (Å²) in [5, 5.41) is 13.3. The molecule has 1 aromatic rings. The zero-order chi connectivity index (χ0) is 13.0. The lowest BCUT2D eigenvalue weighted by atomic mass is 10.1. The number of rotatable bonds is 5. The highest BCUT2D eigenvalue weighted by atomic mass is 32.1. The topological polar surface area (TPSA) is 47.0 Å². The maximum absolute atomic E-state index is 5.72. The number of hydrogen-bond donors (Lipinski definition) is 1. The zero-order valence-corrected chi connectivity index (χ0v) is 12.3. The highest BCUT2D eigenvalue weighted by Gasteiger charge is 2.17. The number of hydrogen-bond acceptors (Lipinski definition) is 5. The molecule has 1 heterocycles. The molecule has 1 aliphatic rings. The average molecular weight is 269 g/mol. The van der Waals surface area contributed by atoms with E-state index in [4.69, 9.17) is 4.74 Å². The van der Waals surface area contributed by atoms with Crippen molar-refractivity contribution in [1.29, 1.82) is 0 Å². The van der Waals surface area contributed by atoms with Gasteiger partial charge in [0.05, 0.1) is 13.2 Å². The molecule has 18 heavy (non-hydrogen) atoms. The van der Waals surface area contributed by atoms with E-state index in [9.17, 15) is 0 Å². The van der Waals surface area contributed by atoms with E-state index in [1.807, 2.05) is 0 Å². The molecule has 0 amide bonds. The van der Waals surface area contributed by atoms with E-state index in [0.717, 1.165) is 24.1 Å². The highest BCUT2D eigenvalue weighted by molar-refractivity contribution is 7.13. The number of ether oxygens (including phenoxy) is 1. The SMILES string of the molecule is CC(C)(C)NCc1nnc(OCC2CCCC2)s1. The summed E-state index contributed by atoms with van der Waals surface area (Å²) in [6.45, 7) is 8.00. The molecule has 0 aliphatic heterocycles. The average Bonchev–Trinajstić information content (AvgIpc) is 2.94. The van der Waals surface area contributed by atoms with Crippen molar-refractivity contribution in [2.45, 2.75) is 58.5 Å². The van der Waals surface area contributed by atoms with Gasteiger partial charge in [-0.05, 0) is 39.5 Å². The van der Waals surface area contributed by atoms with Crippen LogP contribution in [0.5, 0.6) is 5.19 Å². The molecular formula is C13H23N3OS. The standard InChI is InChI=1S/C13H23N3OS/c1-13(2,3)14-8-11-15-16-12(18-11)17-9-10-6-4-5-7-10/h10,14H,4-9H2,1-3H3. The summed E-state index contributed by atoms with van der Waals surface area (Å²) in [6.07, 6.45) is 5.31. The Morgan fingerprint density at radius 2 is 2.00 bits per heavy atom. The fourth-order valence-corrected chi connectivity index (χ4v) is 2.71. The van der Waals surface area contributed by atoms with Crippen LogP contribution in [-0.4, -0.2) is 22.3 Å². The molecule has 1 fully saturated rings. The fraction of sp³-hybridized carbons (Fsp3) is 0.846. The Hall–Kier alpha value is -0.680. The van der Waals surface area contributed by atoms with Gasteiger partial charge in [0.15, 0.2) is 0 Å². The van der Waals surface area contributed by atoms with Gasteiger partial charge in [-0.1, -0.05) is 24.2 Å². The third-order valence-electron chi connectivity index (χ3n) is 3.14. The van der Waals surface area contributed by atoms with E-state index in [-0.39, 0.29) is 5.54 Å². The van der Waals surface area contributed by atoms with Gasteiger partial charge in [0, 0.05) is 5.54 Å². The van der Waals surface area contributed by atoms with Gasteiger partial charge < -0.3 is 10.1 Å². The Labute approximate surface area is 113 Å². The van der Waals surface area contributed by atoms with Gasteiger partial charge in [-0.2, -0.15) is 0 Å². The molecule has 2 rings (SSSR count). The fourth-order valence-electron chi connectivity index (χ4n) is 2.07. The molecule has 0 atom stereocenters. The lowest BCUT2D eigenvalue weighted by Crippen LogP contribution is -2.35. The van der Waals surface area contributed by atoms with Crippen LogP contribution in [0, 0.1) is 5.92 Å². The van der Waals surface area contributed by atoms with Crippen molar-refractivity contribution in [3.8, 4) is 5.19 Å². The lowest BCUT2D eigenvalue weighted by Gasteiger charge is -2.19. The summed E-state index contributed by atoms with van der Waals surface area (Å²) in [5.41, 5.74) is 0.108. The molecule has 0 unspecified atom stereocenters. The second-order valence-corrected chi connectivity index (χ2v) is 7.05. The van der Waals surface area contributed by atoms with Crippen LogP contribution in [0.15, 0.2) is 0 Å². The Balaban J connectivity index is 1.75. The first-order valence-corrected chi connectivity index (χ1v) is 7.55. The van der Waals surface area contributed by atoms with Crippen molar-refractivity contribution in [2.24, 2.45) is 5.92 Å². The molecule has 0 bridgehead atoms. The van der Waals surface area contributed by atoms with E-state index in [0.29, 0.717) is 5.19 Å². The van der Waals surface area contributed by atoms with Crippen LogP contribution in [0.4, 0.5) is 0 Å². The number of nitrogens with zero attached hydrogens (tertiary/aromatic N) is 2. The molecule has 1 N–H and O–H groups in total. The minimum atomic E-state index is 0.108. The Morgan fingerprint density at radius 3 is 2.67 bits per heavy atom. The Kier molecular flexibility index (Phi) is 4.56. The van der Waals surface area contributed by atoms with E-state index < -0.39 is 0 Å². The molecule has 1 aliphatic carbocycles. The highest BCUT2D eigenvalue weighted by Crippen LogP contribution is 2.26.